The fourth-order valence-electron chi connectivity index (χ4n) is 1.02. The molecule has 0 aliphatic rings. The summed E-state index contributed by atoms with van der Waals surface area (Å²) in [7, 11) is 0. The van der Waals surface area contributed by atoms with E-state index in [0.29, 0.717) is 5.69 Å². The van der Waals surface area contributed by atoms with E-state index in [1.807, 2.05) is 13.0 Å². The number of nitrogens with zero attached hydrogens (tertiary/aromatic N) is 1. The predicted molar refractivity (Wildman–Crippen MR) is 49.8 cm³/mol. The molecule has 0 radical (unpaired) electrons. The van der Waals surface area contributed by atoms with Crippen LogP contribution in [-0.4, -0.2) is 6.04 Å². The molecule has 68 valence electrons. The Kier molecular flexibility index (Phi) is 2.86. The van der Waals surface area contributed by atoms with Crippen molar-refractivity contribution in [2.75, 3.05) is 5.32 Å². The molecular weight excluding hydrogens is 167 g/mol. The first kappa shape index (κ1) is 9.53. The molecule has 1 aromatic rings. The van der Waals surface area contributed by atoms with Gasteiger partial charge in [-0.15, -0.1) is 0 Å². The summed E-state index contributed by atoms with van der Waals surface area (Å²) in [5.41, 5.74) is 1.35. The number of nitrogens with one attached hydrogen (secondary N) is 1. The van der Waals surface area contributed by atoms with Crippen LogP contribution in [0.3, 0.4) is 0 Å². The van der Waals surface area contributed by atoms with E-state index in [9.17, 15) is 4.39 Å². The van der Waals surface area contributed by atoms with Gasteiger partial charge < -0.3 is 5.32 Å². The number of halogens is 1. The van der Waals surface area contributed by atoms with Crippen LogP contribution in [0.2, 0.25) is 0 Å². The zero-order valence-electron chi connectivity index (χ0n) is 7.63. The van der Waals surface area contributed by atoms with Crippen LogP contribution in [0, 0.1) is 24.1 Å². The van der Waals surface area contributed by atoms with Crippen LogP contribution in [0.4, 0.5) is 10.1 Å². The minimum atomic E-state index is -0.378. The number of hydrogen-bond donors (Lipinski definition) is 1. The molecule has 0 saturated carbocycles. The molecule has 1 atom stereocenters. The summed E-state index contributed by atoms with van der Waals surface area (Å²) < 4.78 is 13.1. The van der Waals surface area contributed by atoms with Gasteiger partial charge in [0.15, 0.2) is 0 Å². The summed E-state index contributed by atoms with van der Waals surface area (Å²) in [6, 6.07) is 6.37. The predicted octanol–water partition coefficient (Wildman–Crippen LogP) is 2.46. The average Bonchev–Trinajstić information content (AvgIpc) is 2.11. The number of aryl methyl sites for hydroxylation is 1. The van der Waals surface area contributed by atoms with Gasteiger partial charge in [-0.25, -0.2) is 4.39 Å². The standard InChI is InChI=1S/C10H11FN2/c1-7-3-4-9(11)10(5-7)13-8(2)6-12/h3-5,8,13H,1-2H3. The second kappa shape index (κ2) is 3.90. The van der Waals surface area contributed by atoms with E-state index in [1.165, 1.54) is 6.07 Å². The number of anilines is 1. The molecule has 1 aromatic carbocycles. The molecule has 1 rings (SSSR count). The largest absolute Gasteiger partial charge is 0.368 e. The Morgan fingerprint density at radius 2 is 2.23 bits per heavy atom. The van der Waals surface area contributed by atoms with Gasteiger partial charge in [0.25, 0.3) is 0 Å². The average molecular weight is 178 g/mol. The summed E-state index contributed by atoms with van der Waals surface area (Å²) in [6.07, 6.45) is 0. The first-order chi connectivity index (χ1) is 6.13. The lowest BCUT2D eigenvalue weighted by atomic mass is 10.2. The highest BCUT2D eigenvalue weighted by Crippen LogP contribution is 2.16. The number of nitriles is 1. The van der Waals surface area contributed by atoms with E-state index in [1.54, 1.807) is 19.1 Å². The molecule has 0 aliphatic heterocycles. The maximum Gasteiger partial charge on any atom is 0.146 e. The van der Waals surface area contributed by atoms with Gasteiger partial charge in [0, 0.05) is 0 Å². The number of rotatable bonds is 2. The smallest absolute Gasteiger partial charge is 0.146 e. The van der Waals surface area contributed by atoms with Crippen molar-refractivity contribution in [3.63, 3.8) is 0 Å². The molecule has 1 unspecified atom stereocenters. The van der Waals surface area contributed by atoms with E-state index >= 15 is 0 Å². The third-order valence-corrected chi connectivity index (χ3v) is 1.69. The van der Waals surface area contributed by atoms with Gasteiger partial charge in [-0.2, -0.15) is 5.26 Å². The minimum Gasteiger partial charge on any atom is -0.368 e. The molecular formula is C10H11FN2. The van der Waals surface area contributed by atoms with Crippen molar-refractivity contribution < 1.29 is 4.39 Å². The molecule has 2 nitrogen and oxygen atoms in total. The van der Waals surface area contributed by atoms with Crippen LogP contribution in [-0.2, 0) is 0 Å². The Morgan fingerprint density at radius 3 is 2.85 bits per heavy atom. The van der Waals surface area contributed by atoms with Gasteiger partial charge >= 0.3 is 0 Å². The second-order valence-corrected chi connectivity index (χ2v) is 2.98. The van der Waals surface area contributed by atoms with Gasteiger partial charge in [0.1, 0.15) is 11.9 Å². The maximum atomic E-state index is 13.1. The number of benzene rings is 1. The van der Waals surface area contributed by atoms with E-state index in [0.717, 1.165) is 5.56 Å². The highest BCUT2D eigenvalue weighted by atomic mass is 19.1. The lowest BCUT2D eigenvalue weighted by molar-refractivity contribution is 0.629. The monoisotopic (exact) mass is 178 g/mol. The Morgan fingerprint density at radius 1 is 1.54 bits per heavy atom. The quantitative estimate of drug-likeness (QED) is 0.755. The Hall–Kier alpha value is -1.56. The molecule has 0 bridgehead atoms. The van der Waals surface area contributed by atoms with Gasteiger partial charge in [-0.05, 0) is 31.5 Å². The van der Waals surface area contributed by atoms with Crippen molar-refractivity contribution in [3.8, 4) is 6.07 Å². The maximum absolute atomic E-state index is 13.1. The van der Waals surface area contributed by atoms with Crippen molar-refractivity contribution in [3.05, 3.63) is 29.6 Å². The van der Waals surface area contributed by atoms with Crippen LogP contribution in [0.5, 0.6) is 0 Å². The summed E-state index contributed by atoms with van der Waals surface area (Å²) >= 11 is 0. The Bertz CT molecular complexity index is 341. The Balaban J connectivity index is 2.88. The van der Waals surface area contributed by atoms with Gasteiger partial charge in [-0.1, -0.05) is 6.07 Å². The molecule has 0 fully saturated rings. The highest BCUT2D eigenvalue weighted by Gasteiger charge is 2.04. The van der Waals surface area contributed by atoms with Crippen LogP contribution in [0.15, 0.2) is 18.2 Å². The van der Waals surface area contributed by atoms with E-state index in [-0.39, 0.29) is 11.9 Å². The van der Waals surface area contributed by atoms with Gasteiger partial charge in [0.05, 0.1) is 11.8 Å². The fraction of sp³-hybridized carbons (Fsp3) is 0.300. The van der Waals surface area contributed by atoms with Crippen LogP contribution in [0.1, 0.15) is 12.5 Å². The first-order valence-electron chi connectivity index (χ1n) is 4.06. The molecule has 0 spiro atoms. The third-order valence-electron chi connectivity index (χ3n) is 1.69. The third kappa shape index (κ3) is 2.45. The lowest BCUT2D eigenvalue weighted by Gasteiger charge is -2.09. The first-order valence-corrected chi connectivity index (χ1v) is 4.06. The van der Waals surface area contributed by atoms with E-state index in [4.69, 9.17) is 5.26 Å². The number of hydrogen-bond acceptors (Lipinski definition) is 2. The second-order valence-electron chi connectivity index (χ2n) is 2.98. The van der Waals surface area contributed by atoms with Crippen molar-refractivity contribution in [1.82, 2.24) is 0 Å². The molecule has 1 N–H and O–H groups in total. The molecule has 13 heavy (non-hydrogen) atoms. The fourth-order valence-corrected chi connectivity index (χ4v) is 1.02. The van der Waals surface area contributed by atoms with Crippen LogP contribution >= 0.6 is 0 Å². The van der Waals surface area contributed by atoms with Crippen molar-refractivity contribution in [2.45, 2.75) is 19.9 Å². The van der Waals surface area contributed by atoms with Crippen molar-refractivity contribution in [1.29, 1.82) is 5.26 Å². The van der Waals surface area contributed by atoms with Crippen molar-refractivity contribution >= 4 is 5.69 Å². The topological polar surface area (TPSA) is 35.8 Å². The zero-order valence-corrected chi connectivity index (χ0v) is 7.63. The molecule has 0 heterocycles. The zero-order chi connectivity index (χ0) is 9.84. The SMILES string of the molecule is Cc1ccc(F)c(NC(C)C#N)c1. The molecule has 0 amide bonds. The molecule has 3 heteroatoms. The van der Waals surface area contributed by atoms with Gasteiger partial charge in [-0.3, -0.25) is 0 Å². The molecule has 0 aromatic heterocycles. The highest BCUT2D eigenvalue weighted by molar-refractivity contribution is 5.48. The lowest BCUT2D eigenvalue weighted by Crippen LogP contribution is -2.13. The molecule has 0 aliphatic carbocycles. The summed E-state index contributed by atoms with van der Waals surface area (Å²) in [6.45, 7) is 3.56. The van der Waals surface area contributed by atoms with E-state index in [2.05, 4.69) is 5.32 Å². The summed E-state index contributed by atoms with van der Waals surface area (Å²) in [4.78, 5) is 0. The van der Waals surface area contributed by atoms with Gasteiger partial charge in [0.2, 0.25) is 0 Å². The minimum absolute atomic E-state index is 0.326. The van der Waals surface area contributed by atoms with Crippen molar-refractivity contribution in [2.24, 2.45) is 0 Å². The Labute approximate surface area is 77.0 Å². The normalized spacial score (nSPS) is 11.8. The van der Waals surface area contributed by atoms with Crippen LogP contribution in [0.25, 0.3) is 0 Å². The van der Waals surface area contributed by atoms with Crippen LogP contribution < -0.4 is 5.32 Å². The van der Waals surface area contributed by atoms with E-state index < -0.39 is 0 Å². The molecule has 0 saturated heterocycles. The summed E-state index contributed by atoms with van der Waals surface area (Å²) in [5.74, 6) is -0.326. The summed E-state index contributed by atoms with van der Waals surface area (Å²) in [5, 5.41) is 11.3.